The van der Waals surface area contributed by atoms with Crippen LogP contribution in [0.1, 0.15) is 46.7 Å². The average Bonchev–Trinajstić information content (AvgIpc) is 3.04. The number of hydrogen-bond donors (Lipinski definition) is 1. The molecule has 112 valence electrons. The van der Waals surface area contributed by atoms with E-state index in [1.54, 1.807) is 11.3 Å². The fraction of sp³-hybridized carbons (Fsp3) is 0.412. The Kier molecular flexibility index (Phi) is 4.36. The summed E-state index contributed by atoms with van der Waals surface area (Å²) in [6.45, 7) is 2.85. The van der Waals surface area contributed by atoms with Crippen LogP contribution in [-0.2, 0) is 12.8 Å². The lowest BCUT2D eigenvalue weighted by Crippen LogP contribution is -2.23. The number of halogens is 2. The largest absolute Gasteiger partial charge is 0.306 e. The first kappa shape index (κ1) is 14.7. The van der Waals surface area contributed by atoms with Crippen LogP contribution in [-0.4, -0.2) is 6.54 Å². The summed E-state index contributed by atoms with van der Waals surface area (Å²) in [7, 11) is 0. The fourth-order valence-electron chi connectivity index (χ4n) is 2.88. The van der Waals surface area contributed by atoms with E-state index in [4.69, 9.17) is 0 Å². The molecule has 0 saturated carbocycles. The van der Waals surface area contributed by atoms with E-state index in [1.165, 1.54) is 35.1 Å². The Morgan fingerprint density at radius 1 is 1.24 bits per heavy atom. The molecule has 0 amide bonds. The van der Waals surface area contributed by atoms with Gasteiger partial charge in [0.1, 0.15) is 11.6 Å². The van der Waals surface area contributed by atoms with Gasteiger partial charge in [0, 0.05) is 15.3 Å². The van der Waals surface area contributed by atoms with Crippen molar-refractivity contribution in [3.63, 3.8) is 0 Å². The van der Waals surface area contributed by atoms with E-state index >= 15 is 0 Å². The standard InChI is InChI=1S/C17H19F2NS/c1-2-8-20-17(13-10-12(18)6-7-14(13)19)16-9-11-4-3-5-15(11)21-16/h6-7,9-10,17,20H,2-5,8H2,1H3. The van der Waals surface area contributed by atoms with Gasteiger partial charge in [0.2, 0.25) is 0 Å². The first-order valence-electron chi connectivity index (χ1n) is 7.49. The molecule has 4 heteroatoms. The minimum Gasteiger partial charge on any atom is -0.306 e. The number of hydrogen-bond acceptors (Lipinski definition) is 2. The summed E-state index contributed by atoms with van der Waals surface area (Å²) in [6.07, 6.45) is 4.39. The Morgan fingerprint density at radius 2 is 2.10 bits per heavy atom. The zero-order valence-corrected chi connectivity index (χ0v) is 12.9. The second kappa shape index (κ2) is 6.24. The van der Waals surface area contributed by atoms with Crippen molar-refractivity contribution in [2.75, 3.05) is 6.54 Å². The van der Waals surface area contributed by atoms with E-state index in [-0.39, 0.29) is 11.9 Å². The molecule has 1 aromatic heterocycles. The molecule has 1 aliphatic rings. The molecule has 0 saturated heterocycles. The van der Waals surface area contributed by atoms with Gasteiger partial charge in [0.25, 0.3) is 0 Å². The van der Waals surface area contributed by atoms with Crippen molar-refractivity contribution in [1.29, 1.82) is 0 Å². The van der Waals surface area contributed by atoms with E-state index in [0.717, 1.165) is 30.7 Å². The van der Waals surface area contributed by atoms with Crippen LogP contribution in [0.5, 0.6) is 0 Å². The molecule has 2 aromatic rings. The Hall–Kier alpha value is -1.26. The van der Waals surface area contributed by atoms with Gasteiger partial charge in [-0.05, 0) is 62.1 Å². The van der Waals surface area contributed by atoms with Crippen molar-refractivity contribution in [1.82, 2.24) is 5.32 Å². The van der Waals surface area contributed by atoms with Crippen LogP contribution in [0.15, 0.2) is 24.3 Å². The van der Waals surface area contributed by atoms with Gasteiger partial charge in [0.15, 0.2) is 0 Å². The van der Waals surface area contributed by atoms with Gasteiger partial charge in [-0.2, -0.15) is 0 Å². The zero-order valence-electron chi connectivity index (χ0n) is 12.1. The van der Waals surface area contributed by atoms with E-state index in [9.17, 15) is 8.78 Å². The van der Waals surface area contributed by atoms with Crippen molar-refractivity contribution in [2.24, 2.45) is 0 Å². The van der Waals surface area contributed by atoms with Crippen molar-refractivity contribution in [3.8, 4) is 0 Å². The second-order valence-electron chi connectivity index (χ2n) is 5.50. The van der Waals surface area contributed by atoms with Gasteiger partial charge in [0.05, 0.1) is 6.04 Å². The maximum Gasteiger partial charge on any atom is 0.128 e. The van der Waals surface area contributed by atoms with E-state index in [1.807, 2.05) is 0 Å². The summed E-state index contributed by atoms with van der Waals surface area (Å²) in [4.78, 5) is 2.50. The van der Waals surface area contributed by atoms with Gasteiger partial charge < -0.3 is 5.32 Å². The Labute approximate surface area is 128 Å². The monoisotopic (exact) mass is 307 g/mol. The summed E-state index contributed by atoms with van der Waals surface area (Å²) in [6, 6.07) is 5.62. The quantitative estimate of drug-likeness (QED) is 0.851. The van der Waals surface area contributed by atoms with Crippen molar-refractivity contribution in [3.05, 3.63) is 56.8 Å². The maximum absolute atomic E-state index is 14.1. The topological polar surface area (TPSA) is 12.0 Å². The molecule has 1 heterocycles. The molecule has 1 N–H and O–H groups in total. The van der Waals surface area contributed by atoms with Crippen LogP contribution in [0.3, 0.4) is 0 Å². The summed E-state index contributed by atoms with van der Waals surface area (Å²) in [5.74, 6) is -0.739. The van der Waals surface area contributed by atoms with Gasteiger partial charge in [-0.3, -0.25) is 0 Å². The van der Waals surface area contributed by atoms with Crippen LogP contribution in [0, 0.1) is 11.6 Å². The van der Waals surface area contributed by atoms with Gasteiger partial charge in [-0.1, -0.05) is 6.92 Å². The lowest BCUT2D eigenvalue weighted by atomic mass is 10.0. The number of rotatable bonds is 5. The number of aryl methyl sites for hydroxylation is 2. The highest BCUT2D eigenvalue weighted by molar-refractivity contribution is 7.12. The third-order valence-corrected chi connectivity index (χ3v) is 5.22. The van der Waals surface area contributed by atoms with Crippen LogP contribution in [0.2, 0.25) is 0 Å². The number of fused-ring (bicyclic) bond motifs is 1. The molecule has 0 fully saturated rings. The van der Waals surface area contributed by atoms with Gasteiger partial charge in [-0.15, -0.1) is 11.3 Å². The van der Waals surface area contributed by atoms with Crippen molar-refractivity contribution >= 4 is 11.3 Å². The van der Waals surface area contributed by atoms with Crippen LogP contribution >= 0.6 is 11.3 Å². The van der Waals surface area contributed by atoms with Gasteiger partial charge >= 0.3 is 0 Å². The average molecular weight is 307 g/mol. The summed E-state index contributed by atoms with van der Waals surface area (Å²) < 4.78 is 27.7. The highest BCUT2D eigenvalue weighted by Crippen LogP contribution is 2.36. The molecule has 1 atom stereocenters. The highest BCUT2D eigenvalue weighted by atomic mass is 32.1. The zero-order chi connectivity index (χ0) is 14.8. The van der Waals surface area contributed by atoms with Crippen molar-refractivity contribution < 1.29 is 8.78 Å². The lowest BCUT2D eigenvalue weighted by molar-refractivity contribution is 0.539. The number of nitrogens with one attached hydrogen (secondary N) is 1. The molecule has 0 bridgehead atoms. The summed E-state index contributed by atoms with van der Waals surface area (Å²) >= 11 is 1.74. The van der Waals surface area contributed by atoms with E-state index in [0.29, 0.717) is 5.56 Å². The lowest BCUT2D eigenvalue weighted by Gasteiger charge is -2.18. The SMILES string of the molecule is CCCNC(c1cc2c(s1)CCC2)c1cc(F)ccc1F. The molecule has 1 nitrogen and oxygen atoms in total. The molecule has 1 aliphatic carbocycles. The summed E-state index contributed by atoms with van der Waals surface area (Å²) in [5, 5.41) is 3.36. The van der Waals surface area contributed by atoms with Crippen LogP contribution < -0.4 is 5.32 Å². The van der Waals surface area contributed by atoms with Crippen LogP contribution in [0.25, 0.3) is 0 Å². The first-order valence-corrected chi connectivity index (χ1v) is 8.30. The van der Waals surface area contributed by atoms with Crippen LogP contribution in [0.4, 0.5) is 8.78 Å². The minimum atomic E-state index is -0.390. The Morgan fingerprint density at radius 3 is 2.86 bits per heavy atom. The molecule has 3 rings (SSSR count). The van der Waals surface area contributed by atoms with Crippen molar-refractivity contribution in [2.45, 2.75) is 38.6 Å². The number of thiophene rings is 1. The fourth-order valence-corrected chi connectivity index (χ4v) is 4.23. The minimum absolute atomic E-state index is 0.253. The molecule has 0 spiro atoms. The Bertz CT molecular complexity index is 614. The normalized spacial score (nSPS) is 15.2. The smallest absolute Gasteiger partial charge is 0.128 e. The molecule has 1 unspecified atom stereocenters. The molecule has 1 aromatic carbocycles. The van der Waals surface area contributed by atoms with E-state index in [2.05, 4.69) is 18.3 Å². The molecule has 0 aliphatic heterocycles. The molecule has 0 radical (unpaired) electrons. The third kappa shape index (κ3) is 3.01. The molecular formula is C17H19F2NS. The second-order valence-corrected chi connectivity index (χ2v) is 6.67. The highest BCUT2D eigenvalue weighted by Gasteiger charge is 2.23. The predicted octanol–water partition coefficient (Wildman–Crippen LogP) is 4.60. The third-order valence-electron chi connectivity index (χ3n) is 3.92. The van der Waals surface area contributed by atoms with Gasteiger partial charge in [-0.25, -0.2) is 8.78 Å². The Balaban J connectivity index is 1.98. The first-order chi connectivity index (χ1) is 10.2. The van der Waals surface area contributed by atoms with E-state index < -0.39 is 5.82 Å². The summed E-state index contributed by atoms with van der Waals surface area (Å²) in [5.41, 5.74) is 1.79. The molecular weight excluding hydrogens is 288 g/mol. The molecule has 21 heavy (non-hydrogen) atoms. The maximum atomic E-state index is 14.1. The predicted molar refractivity (Wildman–Crippen MR) is 82.8 cm³/mol. The number of benzene rings is 1.